The van der Waals surface area contributed by atoms with Crippen LogP contribution in [-0.2, 0) is 0 Å². The summed E-state index contributed by atoms with van der Waals surface area (Å²) in [6, 6.07) is 0. The van der Waals surface area contributed by atoms with Gasteiger partial charge in [0.05, 0.1) is 12.4 Å². The van der Waals surface area contributed by atoms with Crippen LogP contribution in [0.2, 0.25) is 0 Å². The lowest BCUT2D eigenvalue weighted by Gasteiger charge is -1.98. The van der Waals surface area contributed by atoms with Crippen LogP contribution in [0.15, 0.2) is 34.1 Å². The molecule has 0 spiro atoms. The predicted molar refractivity (Wildman–Crippen MR) is 54.6 cm³/mol. The van der Waals surface area contributed by atoms with Crippen molar-refractivity contribution >= 4 is 31.9 Å². The summed E-state index contributed by atoms with van der Waals surface area (Å²) < 4.78 is 3.27. The molecule has 6 heteroatoms. The Balaban J connectivity index is 2.41. The highest BCUT2D eigenvalue weighted by Crippen LogP contribution is 2.10. The van der Waals surface area contributed by atoms with Crippen molar-refractivity contribution in [3.63, 3.8) is 0 Å². The molecule has 0 atom stereocenters. The van der Waals surface area contributed by atoms with Gasteiger partial charge in [0.2, 0.25) is 0 Å². The summed E-state index contributed by atoms with van der Waals surface area (Å²) in [7, 11) is 0. The van der Waals surface area contributed by atoms with Crippen molar-refractivity contribution in [3.05, 3.63) is 34.1 Å². The molecular formula is C7H4Br2N4. The fourth-order valence-corrected chi connectivity index (χ4v) is 1.38. The maximum atomic E-state index is 4.15. The second kappa shape index (κ2) is 3.55. The Morgan fingerprint density at radius 2 is 1.85 bits per heavy atom. The van der Waals surface area contributed by atoms with E-state index in [1.54, 1.807) is 23.3 Å². The van der Waals surface area contributed by atoms with E-state index in [4.69, 9.17) is 0 Å². The zero-order valence-corrected chi connectivity index (χ0v) is 9.53. The minimum atomic E-state index is 0.718. The first kappa shape index (κ1) is 8.83. The lowest BCUT2D eigenvalue weighted by Crippen LogP contribution is -1.94. The predicted octanol–water partition coefficient (Wildman–Crippen LogP) is 2.19. The van der Waals surface area contributed by atoms with Gasteiger partial charge in [-0.3, -0.25) is 4.57 Å². The van der Waals surface area contributed by atoms with Crippen LogP contribution in [0, 0.1) is 0 Å². The van der Waals surface area contributed by atoms with E-state index in [1.807, 2.05) is 6.20 Å². The number of halogens is 2. The minimum Gasteiger partial charge on any atom is -0.288 e. The second-order valence-corrected chi connectivity index (χ2v) is 3.93. The summed E-state index contributed by atoms with van der Waals surface area (Å²) in [6.07, 6.45) is 6.79. The molecule has 2 aromatic heterocycles. The van der Waals surface area contributed by atoms with Gasteiger partial charge in [-0.05, 0) is 31.9 Å². The van der Waals surface area contributed by atoms with E-state index in [2.05, 4.69) is 46.8 Å². The maximum absolute atomic E-state index is 4.15. The molecule has 0 aliphatic heterocycles. The molecule has 0 saturated heterocycles. The van der Waals surface area contributed by atoms with Crippen LogP contribution in [-0.4, -0.2) is 19.5 Å². The number of imidazole rings is 1. The van der Waals surface area contributed by atoms with Crippen molar-refractivity contribution in [2.75, 3.05) is 0 Å². The molecule has 2 aromatic rings. The normalized spacial score (nSPS) is 10.3. The van der Waals surface area contributed by atoms with E-state index < -0.39 is 0 Å². The largest absolute Gasteiger partial charge is 0.288 e. The molecular weight excluding hydrogens is 300 g/mol. The van der Waals surface area contributed by atoms with Crippen molar-refractivity contribution in [3.8, 4) is 5.82 Å². The number of nitrogens with zero attached hydrogens (tertiary/aromatic N) is 4. The molecule has 4 nitrogen and oxygen atoms in total. The molecule has 0 aliphatic rings. The van der Waals surface area contributed by atoms with Gasteiger partial charge in [0, 0.05) is 6.20 Å². The zero-order chi connectivity index (χ0) is 9.26. The van der Waals surface area contributed by atoms with Gasteiger partial charge in [0.1, 0.15) is 15.5 Å². The van der Waals surface area contributed by atoms with E-state index in [0.29, 0.717) is 0 Å². The standard InChI is InChI=1S/C7H4Br2N4/c8-5-1-11-7(2-10-5)13-3-6(9)12-4-13/h1-4H. The topological polar surface area (TPSA) is 43.6 Å². The quantitative estimate of drug-likeness (QED) is 0.811. The van der Waals surface area contributed by atoms with E-state index >= 15 is 0 Å². The highest BCUT2D eigenvalue weighted by molar-refractivity contribution is 9.10. The van der Waals surface area contributed by atoms with E-state index in [1.165, 1.54) is 0 Å². The third-order valence-electron chi connectivity index (χ3n) is 1.42. The van der Waals surface area contributed by atoms with Crippen LogP contribution in [0.3, 0.4) is 0 Å². The highest BCUT2D eigenvalue weighted by atomic mass is 79.9. The maximum Gasteiger partial charge on any atom is 0.156 e. The van der Waals surface area contributed by atoms with Crippen LogP contribution in [0.5, 0.6) is 0 Å². The number of aromatic nitrogens is 4. The van der Waals surface area contributed by atoms with Crippen LogP contribution in [0.4, 0.5) is 0 Å². The molecule has 0 saturated carbocycles. The fourth-order valence-electron chi connectivity index (χ4n) is 0.863. The summed E-state index contributed by atoms with van der Waals surface area (Å²) >= 11 is 6.47. The first-order valence-electron chi connectivity index (χ1n) is 3.43. The highest BCUT2D eigenvalue weighted by Gasteiger charge is 1.99. The van der Waals surface area contributed by atoms with Crippen molar-refractivity contribution in [1.29, 1.82) is 0 Å². The Morgan fingerprint density at radius 3 is 2.38 bits per heavy atom. The molecule has 0 amide bonds. The Labute approximate surface area is 91.3 Å². The average molecular weight is 304 g/mol. The van der Waals surface area contributed by atoms with Crippen molar-refractivity contribution < 1.29 is 0 Å². The van der Waals surface area contributed by atoms with Crippen LogP contribution >= 0.6 is 31.9 Å². The first-order chi connectivity index (χ1) is 6.25. The SMILES string of the molecule is Brc1cnc(-n2cnc(Br)c2)cn1. The number of rotatable bonds is 1. The van der Waals surface area contributed by atoms with Gasteiger partial charge >= 0.3 is 0 Å². The van der Waals surface area contributed by atoms with Crippen LogP contribution in [0.1, 0.15) is 0 Å². The van der Waals surface area contributed by atoms with Gasteiger partial charge in [0.15, 0.2) is 5.82 Å². The lowest BCUT2D eigenvalue weighted by molar-refractivity contribution is 0.963. The number of hydrogen-bond acceptors (Lipinski definition) is 3. The molecule has 0 fully saturated rings. The van der Waals surface area contributed by atoms with Crippen LogP contribution in [0.25, 0.3) is 5.82 Å². The van der Waals surface area contributed by atoms with E-state index in [-0.39, 0.29) is 0 Å². The van der Waals surface area contributed by atoms with E-state index in [0.717, 1.165) is 15.0 Å². The lowest BCUT2D eigenvalue weighted by atomic mass is 10.6. The summed E-state index contributed by atoms with van der Waals surface area (Å²) in [5, 5.41) is 0. The smallest absolute Gasteiger partial charge is 0.156 e. The molecule has 0 aromatic carbocycles. The summed E-state index contributed by atoms with van der Waals surface area (Å²) in [6.45, 7) is 0. The molecule has 0 aliphatic carbocycles. The third-order valence-corrected chi connectivity index (χ3v) is 2.24. The van der Waals surface area contributed by atoms with Gasteiger partial charge < -0.3 is 0 Å². The molecule has 0 radical (unpaired) electrons. The van der Waals surface area contributed by atoms with Gasteiger partial charge in [-0.1, -0.05) is 0 Å². The molecule has 2 heterocycles. The second-order valence-electron chi connectivity index (χ2n) is 2.30. The molecule has 2 rings (SSSR count). The molecule has 0 N–H and O–H groups in total. The molecule has 13 heavy (non-hydrogen) atoms. The average Bonchev–Trinajstić information content (AvgIpc) is 2.53. The van der Waals surface area contributed by atoms with Crippen molar-refractivity contribution in [1.82, 2.24) is 19.5 Å². The van der Waals surface area contributed by atoms with Gasteiger partial charge in [-0.25, -0.2) is 15.0 Å². The van der Waals surface area contributed by atoms with Crippen LogP contribution < -0.4 is 0 Å². The summed E-state index contributed by atoms with van der Waals surface area (Å²) in [4.78, 5) is 12.2. The van der Waals surface area contributed by atoms with E-state index in [9.17, 15) is 0 Å². The Bertz CT molecular complexity index is 409. The number of hydrogen-bond donors (Lipinski definition) is 0. The Morgan fingerprint density at radius 1 is 1.00 bits per heavy atom. The fraction of sp³-hybridized carbons (Fsp3) is 0. The molecule has 66 valence electrons. The zero-order valence-electron chi connectivity index (χ0n) is 6.35. The minimum absolute atomic E-state index is 0.718. The first-order valence-corrected chi connectivity index (χ1v) is 5.02. The van der Waals surface area contributed by atoms with Gasteiger partial charge in [-0.2, -0.15) is 0 Å². The Hall–Kier alpha value is -0.750. The summed E-state index contributed by atoms with van der Waals surface area (Å²) in [5.41, 5.74) is 0. The van der Waals surface area contributed by atoms with Gasteiger partial charge in [0.25, 0.3) is 0 Å². The monoisotopic (exact) mass is 302 g/mol. The summed E-state index contributed by atoms with van der Waals surface area (Å²) in [5.74, 6) is 0.737. The molecule has 0 bridgehead atoms. The van der Waals surface area contributed by atoms with Gasteiger partial charge in [-0.15, -0.1) is 0 Å². The third kappa shape index (κ3) is 1.94. The van der Waals surface area contributed by atoms with Crippen molar-refractivity contribution in [2.45, 2.75) is 0 Å². The Kier molecular flexibility index (Phi) is 2.41. The molecule has 0 unspecified atom stereocenters. The van der Waals surface area contributed by atoms with Crippen molar-refractivity contribution in [2.24, 2.45) is 0 Å².